The van der Waals surface area contributed by atoms with Gasteiger partial charge in [0, 0.05) is 11.1 Å². The number of methoxy groups -OCH3 is 2. The van der Waals surface area contributed by atoms with E-state index in [-0.39, 0.29) is 24.2 Å². The van der Waals surface area contributed by atoms with Crippen LogP contribution >= 0.6 is 11.6 Å². The molecule has 57 heavy (non-hydrogen) atoms. The molecule has 0 aliphatic carbocycles. The third-order valence-corrected chi connectivity index (χ3v) is 10.1. The number of aryl methyl sites for hydroxylation is 2. The molecule has 10 heteroatoms. The van der Waals surface area contributed by atoms with Crippen LogP contribution in [0.1, 0.15) is 27.8 Å². The number of hydrogen-bond acceptors (Lipinski definition) is 8. The van der Waals surface area contributed by atoms with E-state index in [0.29, 0.717) is 40.3 Å². The molecule has 8 nitrogen and oxygen atoms in total. The third kappa shape index (κ3) is 8.14. The molecule has 290 valence electrons. The van der Waals surface area contributed by atoms with E-state index in [0.717, 1.165) is 44.9 Å². The Bertz CT molecular complexity index is 2380. The van der Waals surface area contributed by atoms with Gasteiger partial charge in [-0.1, -0.05) is 72.3 Å². The Morgan fingerprint density at radius 2 is 1.35 bits per heavy atom. The van der Waals surface area contributed by atoms with E-state index in [1.54, 1.807) is 32.4 Å². The van der Waals surface area contributed by atoms with Gasteiger partial charge in [0.05, 0.1) is 39.4 Å². The quantitative estimate of drug-likeness (QED) is 0.0414. The van der Waals surface area contributed by atoms with Crippen LogP contribution in [0.2, 0.25) is 5.15 Å². The molecule has 7 rings (SSSR count). The number of aromatic nitrogens is 2. The number of fused-ring (bicyclic) bond motifs is 1. The summed E-state index contributed by atoms with van der Waals surface area (Å²) in [5.41, 5.74) is 6.02. The maximum atomic E-state index is 14.0. The van der Waals surface area contributed by atoms with Gasteiger partial charge in [0.25, 0.3) is 0 Å². The molecule has 0 N–H and O–H groups in total. The van der Waals surface area contributed by atoms with Gasteiger partial charge in [0.1, 0.15) is 52.0 Å². The average Bonchev–Trinajstić information content (AvgIpc) is 3.62. The lowest BCUT2D eigenvalue weighted by molar-refractivity contribution is -0.0524. The van der Waals surface area contributed by atoms with Crippen LogP contribution < -0.4 is 14.2 Å². The maximum absolute atomic E-state index is 14.0. The number of hydrogen-bond donors (Lipinski definition) is 0. The van der Waals surface area contributed by atoms with Gasteiger partial charge in [-0.15, -0.1) is 6.58 Å². The molecule has 5 aromatic carbocycles. The van der Waals surface area contributed by atoms with E-state index in [9.17, 15) is 4.39 Å². The fraction of sp³-hybridized carbons (Fsp3) is 0.191. The molecule has 0 radical (unpaired) electrons. The van der Waals surface area contributed by atoms with Crippen LogP contribution in [0, 0.1) is 19.7 Å². The monoisotopic (exact) mass is 784 g/mol. The molecule has 1 atom stereocenters. The Kier molecular flexibility index (Phi) is 12.0. The lowest BCUT2D eigenvalue weighted by Crippen LogP contribution is -2.38. The minimum absolute atomic E-state index is 0.137. The molecule has 0 spiro atoms. The first kappa shape index (κ1) is 39.2. The first-order valence-electron chi connectivity index (χ1n) is 18.4. The van der Waals surface area contributed by atoms with Crippen molar-refractivity contribution in [3.05, 3.63) is 173 Å². The van der Waals surface area contributed by atoms with Gasteiger partial charge in [0.15, 0.2) is 0 Å². The zero-order valence-electron chi connectivity index (χ0n) is 32.1. The van der Waals surface area contributed by atoms with Crippen molar-refractivity contribution in [2.24, 2.45) is 0 Å². The van der Waals surface area contributed by atoms with E-state index in [1.807, 2.05) is 92.7 Å². The van der Waals surface area contributed by atoms with Crippen molar-refractivity contribution in [1.29, 1.82) is 0 Å². The smallest absolute Gasteiger partial charge is 0.231 e. The predicted molar refractivity (Wildman–Crippen MR) is 221 cm³/mol. The van der Waals surface area contributed by atoms with Crippen molar-refractivity contribution in [3.8, 4) is 39.7 Å². The molecule has 0 aliphatic heterocycles. The van der Waals surface area contributed by atoms with Gasteiger partial charge >= 0.3 is 0 Å². The lowest BCUT2D eigenvalue weighted by atomic mass is 9.80. The normalized spacial score (nSPS) is 12.0. The van der Waals surface area contributed by atoms with E-state index < -0.39 is 11.7 Å². The van der Waals surface area contributed by atoms with Gasteiger partial charge in [-0.05, 0) is 108 Å². The van der Waals surface area contributed by atoms with Crippen LogP contribution in [0.5, 0.6) is 17.2 Å². The molecule has 2 aromatic heterocycles. The van der Waals surface area contributed by atoms with Crippen molar-refractivity contribution >= 4 is 22.7 Å². The Morgan fingerprint density at radius 1 is 0.754 bits per heavy atom. The molecule has 0 fully saturated rings. The van der Waals surface area contributed by atoms with E-state index in [2.05, 4.69) is 28.7 Å². The van der Waals surface area contributed by atoms with E-state index >= 15 is 0 Å². The summed E-state index contributed by atoms with van der Waals surface area (Å²) in [6.45, 7) is 8.51. The summed E-state index contributed by atoms with van der Waals surface area (Å²) in [6, 6.07) is 35.9. The SMILES string of the molecule is C=CCOCC(COC(c1ccccc1)(c1ccc(OC)cc1)c1ccc(OC)cc1)Oc1cc(C)c(-c2c(-c3ccc(F)cc3)oc3ncnc(Cl)c23)c(C)c1. The summed E-state index contributed by atoms with van der Waals surface area (Å²) in [6.07, 6.45) is 2.50. The van der Waals surface area contributed by atoms with Crippen LogP contribution in [0.4, 0.5) is 4.39 Å². The minimum Gasteiger partial charge on any atom is -0.497 e. The third-order valence-electron chi connectivity index (χ3n) is 9.81. The van der Waals surface area contributed by atoms with Crippen molar-refractivity contribution in [3.63, 3.8) is 0 Å². The minimum atomic E-state index is -1.06. The second-order valence-electron chi connectivity index (χ2n) is 13.5. The fourth-order valence-electron chi connectivity index (χ4n) is 7.21. The van der Waals surface area contributed by atoms with Crippen LogP contribution in [0.15, 0.2) is 139 Å². The number of nitrogens with zero attached hydrogens (tertiary/aromatic N) is 2. The number of ether oxygens (including phenoxy) is 5. The van der Waals surface area contributed by atoms with E-state index in [4.69, 9.17) is 39.7 Å². The Morgan fingerprint density at radius 3 is 1.93 bits per heavy atom. The van der Waals surface area contributed by atoms with Crippen molar-refractivity contribution in [2.45, 2.75) is 25.6 Å². The summed E-state index contributed by atoms with van der Waals surface area (Å²) in [4.78, 5) is 8.61. The molecule has 0 saturated heterocycles. The summed E-state index contributed by atoms with van der Waals surface area (Å²) in [7, 11) is 3.29. The van der Waals surface area contributed by atoms with Crippen LogP contribution in [-0.2, 0) is 15.1 Å². The molecule has 7 aromatic rings. The number of benzene rings is 5. The Labute approximate surface area is 336 Å². The van der Waals surface area contributed by atoms with Crippen molar-refractivity contribution in [2.75, 3.05) is 34.0 Å². The zero-order valence-corrected chi connectivity index (χ0v) is 32.9. The first-order valence-corrected chi connectivity index (χ1v) is 18.8. The molecule has 0 bridgehead atoms. The highest BCUT2D eigenvalue weighted by atomic mass is 35.5. The van der Waals surface area contributed by atoms with Crippen molar-refractivity contribution < 1.29 is 32.5 Å². The molecular weight excluding hydrogens is 743 g/mol. The summed E-state index contributed by atoms with van der Waals surface area (Å²) in [5, 5.41) is 0.815. The Balaban J connectivity index is 1.28. The summed E-state index contributed by atoms with van der Waals surface area (Å²) >= 11 is 6.69. The molecular formula is C47H42ClFN2O6. The number of rotatable bonds is 16. The molecule has 0 aliphatic rings. The van der Waals surface area contributed by atoms with Gasteiger partial charge in [-0.3, -0.25) is 0 Å². The number of furan rings is 1. The second-order valence-corrected chi connectivity index (χ2v) is 13.8. The molecule has 2 heterocycles. The van der Waals surface area contributed by atoms with Gasteiger partial charge in [-0.25, -0.2) is 14.4 Å². The standard InChI is InChI=1S/C47H42ClFN2O6/c1-6-24-54-27-40(28-55-47(33-10-8-7-9-11-33,34-14-20-37(52-4)21-15-34)35-16-22-38(53-5)23-17-35)56-39-25-30(2)41(31(3)26-39)42-43-45(48)50-29-51-46(43)57-44(42)32-12-18-36(49)19-13-32/h6-23,25-26,29,40H,1,24,27-28H2,2-5H3. The first-order chi connectivity index (χ1) is 27.7. The van der Waals surface area contributed by atoms with Crippen molar-refractivity contribution in [1.82, 2.24) is 9.97 Å². The molecule has 0 amide bonds. The Hall–Kier alpha value is -6.00. The molecule has 0 saturated carbocycles. The highest BCUT2D eigenvalue weighted by Crippen LogP contribution is 2.46. The zero-order chi connectivity index (χ0) is 39.9. The van der Waals surface area contributed by atoms with E-state index in [1.165, 1.54) is 18.5 Å². The second kappa shape index (κ2) is 17.4. The average molecular weight is 785 g/mol. The van der Waals surface area contributed by atoms with Crippen LogP contribution in [0.3, 0.4) is 0 Å². The highest BCUT2D eigenvalue weighted by molar-refractivity contribution is 6.35. The van der Waals surface area contributed by atoms with Gasteiger partial charge in [-0.2, -0.15) is 0 Å². The lowest BCUT2D eigenvalue weighted by Gasteiger charge is -2.37. The predicted octanol–water partition coefficient (Wildman–Crippen LogP) is 10.9. The van der Waals surface area contributed by atoms with Crippen LogP contribution in [0.25, 0.3) is 33.6 Å². The topological polar surface area (TPSA) is 85.1 Å². The van der Waals surface area contributed by atoms with Crippen LogP contribution in [-0.4, -0.2) is 50.1 Å². The molecule has 1 unspecified atom stereocenters. The largest absolute Gasteiger partial charge is 0.497 e. The maximum Gasteiger partial charge on any atom is 0.231 e. The highest BCUT2D eigenvalue weighted by Gasteiger charge is 2.39. The summed E-state index contributed by atoms with van der Waals surface area (Å²) in [5.74, 6) is 2.22. The van der Waals surface area contributed by atoms with Gasteiger partial charge < -0.3 is 28.1 Å². The summed E-state index contributed by atoms with van der Waals surface area (Å²) < 4.78 is 51.3. The number of halogens is 2. The fourth-order valence-corrected chi connectivity index (χ4v) is 7.43. The van der Waals surface area contributed by atoms with Gasteiger partial charge in [0.2, 0.25) is 5.71 Å².